The highest BCUT2D eigenvalue weighted by Crippen LogP contribution is 2.16. The van der Waals surface area contributed by atoms with E-state index in [0.717, 1.165) is 6.42 Å². The Morgan fingerprint density at radius 2 is 2.27 bits per heavy atom. The summed E-state index contributed by atoms with van der Waals surface area (Å²) in [6.45, 7) is 4.14. The molecule has 11 heavy (non-hydrogen) atoms. The van der Waals surface area contributed by atoms with E-state index < -0.39 is 0 Å². The van der Waals surface area contributed by atoms with E-state index in [1.807, 2.05) is 0 Å². The SMILES string of the molecule is CCC(C)n1nc(N)cc1N. The van der Waals surface area contributed by atoms with Gasteiger partial charge in [0.25, 0.3) is 0 Å². The highest BCUT2D eigenvalue weighted by atomic mass is 15.3. The maximum Gasteiger partial charge on any atom is 0.147 e. The van der Waals surface area contributed by atoms with Crippen LogP contribution >= 0.6 is 0 Å². The molecular weight excluding hydrogens is 140 g/mol. The Morgan fingerprint density at radius 1 is 1.64 bits per heavy atom. The summed E-state index contributed by atoms with van der Waals surface area (Å²) in [6, 6.07) is 2.00. The molecule has 0 saturated heterocycles. The van der Waals surface area contributed by atoms with Crippen LogP contribution in [-0.2, 0) is 0 Å². The molecule has 1 aromatic heterocycles. The third-order valence-electron chi connectivity index (χ3n) is 1.79. The van der Waals surface area contributed by atoms with Crippen LogP contribution in [0.1, 0.15) is 26.3 Å². The molecule has 0 amide bonds. The summed E-state index contributed by atoms with van der Waals surface area (Å²) in [4.78, 5) is 0. The van der Waals surface area contributed by atoms with Gasteiger partial charge in [-0.25, -0.2) is 4.68 Å². The van der Waals surface area contributed by atoms with E-state index in [1.54, 1.807) is 10.7 Å². The van der Waals surface area contributed by atoms with Gasteiger partial charge in [0.15, 0.2) is 0 Å². The van der Waals surface area contributed by atoms with Gasteiger partial charge in [-0.05, 0) is 13.3 Å². The number of hydrogen-bond donors (Lipinski definition) is 2. The minimum absolute atomic E-state index is 0.326. The predicted octanol–water partition coefficient (Wildman–Crippen LogP) is 1.02. The normalized spacial score (nSPS) is 13.3. The summed E-state index contributed by atoms with van der Waals surface area (Å²) in [6.07, 6.45) is 1.01. The zero-order valence-electron chi connectivity index (χ0n) is 6.91. The van der Waals surface area contributed by atoms with Crippen molar-refractivity contribution in [3.05, 3.63) is 6.07 Å². The molecule has 1 aromatic rings. The molecule has 62 valence electrons. The molecule has 4 N–H and O–H groups in total. The van der Waals surface area contributed by atoms with E-state index in [4.69, 9.17) is 11.5 Å². The van der Waals surface area contributed by atoms with E-state index in [1.165, 1.54) is 0 Å². The Kier molecular flexibility index (Phi) is 2.03. The molecular formula is C7H14N4. The van der Waals surface area contributed by atoms with Gasteiger partial charge in [0.1, 0.15) is 11.6 Å². The van der Waals surface area contributed by atoms with E-state index in [2.05, 4.69) is 18.9 Å². The average molecular weight is 154 g/mol. The Labute approximate surface area is 66.2 Å². The topological polar surface area (TPSA) is 69.9 Å². The Balaban J connectivity index is 2.93. The first-order valence-corrected chi connectivity index (χ1v) is 3.75. The molecule has 0 saturated carbocycles. The van der Waals surface area contributed by atoms with Crippen LogP contribution in [0.3, 0.4) is 0 Å². The van der Waals surface area contributed by atoms with Gasteiger partial charge in [0.2, 0.25) is 0 Å². The molecule has 0 radical (unpaired) electrons. The van der Waals surface area contributed by atoms with E-state index in [0.29, 0.717) is 17.7 Å². The average Bonchev–Trinajstić information content (AvgIpc) is 2.28. The number of nitrogens with zero attached hydrogens (tertiary/aromatic N) is 2. The molecule has 1 rings (SSSR count). The number of rotatable bonds is 2. The van der Waals surface area contributed by atoms with Crippen molar-refractivity contribution >= 4 is 11.6 Å². The summed E-state index contributed by atoms with van der Waals surface area (Å²) in [7, 11) is 0. The van der Waals surface area contributed by atoms with Crippen LogP contribution < -0.4 is 11.5 Å². The molecule has 4 nitrogen and oxygen atoms in total. The van der Waals surface area contributed by atoms with Gasteiger partial charge >= 0.3 is 0 Å². The summed E-state index contributed by atoms with van der Waals surface area (Å²) in [5.74, 6) is 1.12. The van der Waals surface area contributed by atoms with Crippen molar-refractivity contribution in [2.75, 3.05) is 11.5 Å². The Bertz CT molecular complexity index is 241. The Morgan fingerprint density at radius 3 is 2.64 bits per heavy atom. The summed E-state index contributed by atoms with van der Waals surface area (Å²) < 4.78 is 1.75. The van der Waals surface area contributed by atoms with Gasteiger partial charge in [-0.2, -0.15) is 5.10 Å². The first-order chi connectivity index (χ1) is 5.15. The summed E-state index contributed by atoms with van der Waals surface area (Å²) in [5.41, 5.74) is 11.1. The maximum atomic E-state index is 5.64. The fourth-order valence-electron chi connectivity index (χ4n) is 0.955. The van der Waals surface area contributed by atoms with Crippen molar-refractivity contribution in [3.63, 3.8) is 0 Å². The summed E-state index contributed by atoms with van der Waals surface area (Å²) >= 11 is 0. The van der Waals surface area contributed by atoms with Gasteiger partial charge < -0.3 is 11.5 Å². The molecule has 1 unspecified atom stereocenters. The lowest BCUT2D eigenvalue weighted by atomic mass is 10.3. The van der Waals surface area contributed by atoms with Crippen molar-refractivity contribution in [3.8, 4) is 0 Å². The number of nitrogens with two attached hydrogens (primary N) is 2. The zero-order chi connectivity index (χ0) is 8.43. The van der Waals surface area contributed by atoms with Crippen LogP contribution in [-0.4, -0.2) is 9.78 Å². The van der Waals surface area contributed by atoms with Crippen LogP contribution in [0, 0.1) is 0 Å². The fourth-order valence-corrected chi connectivity index (χ4v) is 0.955. The third kappa shape index (κ3) is 1.45. The van der Waals surface area contributed by atoms with Gasteiger partial charge in [0, 0.05) is 6.07 Å². The van der Waals surface area contributed by atoms with E-state index in [9.17, 15) is 0 Å². The number of hydrogen-bond acceptors (Lipinski definition) is 3. The standard InChI is InChI=1S/C7H14N4/c1-3-5(2)11-7(9)4-6(8)10-11/h4-5H,3,9H2,1-2H3,(H2,8,10). The number of anilines is 2. The van der Waals surface area contributed by atoms with Crippen molar-refractivity contribution in [2.45, 2.75) is 26.3 Å². The molecule has 0 aliphatic heterocycles. The third-order valence-corrected chi connectivity index (χ3v) is 1.79. The maximum absolute atomic E-state index is 5.64. The minimum Gasteiger partial charge on any atom is -0.384 e. The minimum atomic E-state index is 0.326. The lowest BCUT2D eigenvalue weighted by molar-refractivity contribution is 0.486. The van der Waals surface area contributed by atoms with Crippen molar-refractivity contribution < 1.29 is 0 Å². The van der Waals surface area contributed by atoms with Gasteiger partial charge in [-0.15, -0.1) is 0 Å². The quantitative estimate of drug-likeness (QED) is 0.668. The molecule has 4 heteroatoms. The lowest BCUT2D eigenvalue weighted by Crippen LogP contribution is -2.09. The molecule has 0 aliphatic carbocycles. The Hall–Kier alpha value is -1.19. The van der Waals surface area contributed by atoms with Crippen molar-refractivity contribution in [1.82, 2.24) is 9.78 Å². The zero-order valence-corrected chi connectivity index (χ0v) is 6.91. The highest BCUT2D eigenvalue weighted by Gasteiger charge is 2.06. The first-order valence-electron chi connectivity index (χ1n) is 3.75. The fraction of sp³-hybridized carbons (Fsp3) is 0.571. The van der Waals surface area contributed by atoms with E-state index >= 15 is 0 Å². The molecule has 1 heterocycles. The molecule has 0 spiro atoms. The smallest absolute Gasteiger partial charge is 0.147 e. The molecule has 1 atom stereocenters. The van der Waals surface area contributed by atoms with Crippen LogP contribution in [0.25, 0.3) is 0 Å². The lowest BCUT2D eigenvalue weighted by Gasteiger charge is -2.09. The predicted molar refractivity (Wildman–Crippen MR) is 46.1 cm³/mol. The van der Waals surface area contributed by atoms with Gasteiger partial charge in [-0.1, -0.05) is 6.92 Å². The number of aromatic nitrogens is 2. The molecule has 0 fully saturated rings. The van der Waals surface area contributed by atoms with Crippen LogP contribution in [0.4, 0.5) is 11.6 Å². The largest absolute Gasteiger partial charge is 0.384 e. The molecule has 0 aromatic carbocycles. The summed E-state index contributed by atoms with van der Waals surface area (Å²) in [5, 5.41) is 4.05. The van der Waals surface area contributed by atoms with Crippen LogP contribution in [0.5, 0.6) is 0 Å². The van der Waals surface area contributed by atoms with Gasteiger partial charge in [-0.3, -0.25) is 0 Å². The molecule has 0 aliphatic rings. The van der Waals surface area contributed by atoms with E-state index in [-0.39, 0.29) is 0 Å². The van der Waals surface area contributed by atoms with Crippen LogP contribution in [0.15, 0.2) is 6.07 Å². The number of nitrogen functional groups attached to an aromatic ring is 2. The highest BCUT2D eigenvalue weighted by molar-refractivity contribution is 5.42. The second-order valence-corrected chi connectivity index (χ2v) is 2.70. The molecule has 0 bridgehead atoms. The van der Waals surface area contributed by atoms with Gasteiger partial charge in [0.05, 0.1) is 6.04 Å². The van der Waals surface area contributed by atoms with Crippen LogP contribution in [0.2, 0.25) is 0 Å². The van der Waals surface area contributed by atoms with Crippen molar-refractivity contribution in [1.29, 1.82) is 0 Å². The van der Waals surface area contributed by atoms with Crippen molar-refractivity contribution in [2.24, 2.45) is 0 Å². The second-order valence-electron chi connectivity index (χ2n) is 2.70. The first kappa shape index (κ1) is 7.91. The second kappa shape index (κ2) is 2.82. The monoisotopic (exact) mass is 154 g/mol.